The summed E-state index contributed by atoms with van der Waals surface area (Å²) in [6, 6.07) is 12.8. The molecule has 0 atom stereocenters. The molecule has 0 saturated heterocycles. The molecule has 6 nitrogen and oxygen atoms in total. The Morgan fingerprint density at radius 2 is 1.96 bits per heavy atom. The molecule has 1 heterocycles. The zero-order valence-corrected chi connectivity index (χ0v) is 12.4. The van der Waals surface area contributed by atoms with Gasteiger partial charge in [0.1, 0.15) is 6.61 Å². The van der Waals surface area contributed by atoms with Gasteiger partial charge in [-0.25, -0.2) is 9.78 Å². The lowest BCUT2D eigenvalue weighted by Gasteiger charge is -2.12. The van der Waals surface area contributed by atoms with Crippen LogP contribution in [0.3, 0.4) is 0 Å². The van der Waals surface area contributed by atoms with Crippen molar-refractivity contribution in [2.75, 3.05) is 0 Å². The Balaban J connectivity index is 1.97. The fraction of sp³-hybridized carbons (Fsp3) is 0.118. The Bertz CT molecular complexity index is 903. The molecule has 0 radical (unpaired) electrons. The molecular formula is C17H14N2O4. The van der Waals surface area contributed by atoms with Gasteiger partial charge in [-0.05, 0) is 11.6 Å². The van der Waals surface area contributed by atoms with Gasteiger partial charge >= 0.3 is 11.7 Å². The lowest BCUT2D eigenvalue weighted by molar-refractivity contribution is -0.132. The predicted octanol–water partition coefficient (Wildman–Crippen LogP) is 2.43. The Hall–Kier alpha value is -3.15. The standard InChI is InChI=1S/C17H14N2O4/c1-11(20)23-16-7-13-9-18-17(21)19-14(13)8-15(16)22-10-12-5-3-2-4-6-12/h2-9H,10H2,1H3,(H,18,19,21). The van der Waals surface area contributed by atoms with Crippen LogP contribution in [0.1, 0.15) is 12.5 Å². The maximum Gasteiger partial charge on any atom is 0.345 e. The first-order valence-electron chi connectivity index (χ1n) is 7.00. The molecule has 0 fully saturated rings. The molecule has 2 aromatic carbocycles. The summed E-state index contributed by atoms with van der Waals surface area (Å²) in [6.07, 6.45) is 1.42. The van der Waals surface area contributed by atoms with E-state index in [4.69, 9.17) is 9.47 Å². The van der Waals surface area contributed by atoms with Crippen molar-refractivity contribution in [1.29, 1.82) is 0 Å². The van der Waals surface area contributed by atoms with Gasteiger partial charge in [0.25, 0.3) is 0 Å². The number of benzene rings is 2. The van der Waals surface area contributed by atoms with Crippen molar-refractivity contribution >= 4 is 16.9 Å². The van der Waals surface area contributed by atoms with E-state index in [0.717, 1.165) is 5.56 Å². The summed E-state index contributed by atoms with van der Waals surface area (Å²) in [7, 11) is 0. The zero-order valence-electron chi connectivity index (χ0n) is 12.4. The number of nitrogens with zero attached hydrogens (tertiary/aromatic N) is 1. The van der Waals surface area contributed by atoms with E-state index in [1.54, 1.807) is 12.1 Å². The average molecular weight is 310 g/mol. The van der Waals surface area contributed by atoms with E-state index >= 15 is 0 Å². The minimum absolute atomic E-state index is 0.287. The van der Waals surface area contributed by atoms with Gasteiger partial charge in [0.2, 0.25) is 0 Å². The number of nitrogens with one attached hydrogen (secondary N) is 1. The van der Waals surface area contributed by atoms with Gasteiger partial charge in [-0.1, -0.05) is 30.3 Å². The molecule has 0 amide bonds. The average Bonchev–Trinajstić information content (AvgIpc) is 2.53. The van der Waals surface area contributed by atoms with Gasteiger partial charge in [0.05, 0.1) is 5.52 Å². The summed E-state index contributed by atoms with van der Waals surface area (Å²) in [5, 5.41) is 0.646. The maximum atomic E-state index is 11.3. The summed E-state index contributed by atoms with van der Waals surface area (Å²) in [5.41, 5.74) is 1.08. The number of aromatic nitrogens is 2. The third-order valence-corrected chi connectivity index (χ3v) is 3.17. The molecule has 0 aliphatic carbocycles. The molecule has 116 valence electrons. The van der Waals surface area contributed by atoms with E-state index < -0.39 is 11.7 Å². The Labute approximate surface area is 131 Å². The summed E-state index contributed by atoms with van der Waals surface area (Å²) in [5.74, 6) is 0.208. The number of fused-ring (bicyclic) bond motifs is 1. The summed E-state index contributed by atoms with van der Waals surface area (Å²) in [6.45, 7) is 1.63. The summed E-state index contributed by atoms with van der Waals surface area (Å²) >= 11 is 0. The van der Waals surface area contributed by atoms with E-state index in [1.165, 1.54) is 13.1 Å². The van der Waals surface area contributed by atoms with Crippen LogP contribution in [-0.2, 0) is 11.4 Å². The second kappa shape index (κ2) is 6.31. The van der Waals surface area contributed by atoms with Crippen LogP contribution in [0.2, 0.25) is 0 Å². The molecular weight excluding hydrogens is 296 g/mol. The molecule has 1 N–H and O–H groups in total. The molecule has 6 heteroatoms. The van der Waals surface area contributed by atoms with Crippen molar-refractivity contribution < 1.29 is 14.3 Å². The number of rotatable bonds is 4. The number of H-pyrrole nitrogens is 1. The van der Waals surface area contributed by atoms with Crippen molar-refractivity contribution in [3.8, 4) is 11.5 Å². The van der Waals surface area contributed by atoms with E-state index in [-0.39, 0.29) is 5.75 Å². The number of hydrogen-bond donors (Lipinski definition) is 1. The zero-order chi connectivity index (χ0) is 16.2. The van der Waals surface area contributed by atoms with Gasteiger partial charge < -0.3 is 14.5 Å². The third kappa shape index (κ3) is 3.55. The van der Waals surface area contributed by atoms with E-state index in [2.05, 4.69) is 9.97 Å². The largest absolute Gasteiger partial charge is 0.485 e. The molecule has 0 spiro atoms. The monoisotopic (exact) mass is 310 g/mol. The Kier molecular flexibility index (Phi) is 4.05. The van der Waals surface area contributed by atoms with Crippen LogP contribution >= 0.6 is 0 Å². The van der Waals surface area contributed by atoms with Gasteiger partial charge in [-0.3, -0.25) is 4.79 Å². The van der Waals surface area contributed by atoms with Crippen LogP contribution < -0.4 is 15.2 Å². The Morgan fingerprint density at radius 1 is 1.17 bits per heavy atom. The molecule has 0 unspecified atom stereocenters. The van der Waals surface area contributed by atoms with Crippen molar-refractivity contribution in [1.82, 2.24) is 9.97 Å². The van der Waals surface area contributed by atoms with Crippen molar-refractivity contribution in [2.45, 2.75) is 13.5 Å². The molecule has 23 heavy (non-hydrogen) atoms. The van der Waals surface area contributed by atoms with Gasteiger partial charge in [0.15, 0.2) is 11.5 Å². The van der Waals surface area contributed by atoms with Crippen LogP contribution in [0.25, 0.3) is 10.9 Å². The molecule has 1 aromatic heterocycles. The minimum Gasteiger partial charge on any atom is -0.485 e. The number of ether oxygens (including phenoxy) is 2. The highest BCUT2D eigenvalue weighted by molar-refractivity contribution is 5.83. The highest BCUT2D eigenvalue weighted by Gasteiger charge is 2.11. The fourth-order valence-electron chi connectivity index (χ4n) is 2.15. The maximum absolute atomic E-state index is 11.3. The van der Waals surface area contributed by atoms with Crippen molar-refractivity contribution in [2.24, 2.45) is 0 Å². The van der Waals surface area contributed by atoms with E-state index in [0.29, 0.717) is 23.3 Å². The van der Waals surface area contributed by atoms with Crippen LogP contribution in [-0.4, -0.2) is 15.9 Å². The van der Waals surface area contributed by atoms with Crippen LogP contribution in [0.15, 0.2) is 53.5 Å². The Morgan fingerprint density at radius 3 is 2.70 bits per heavy atom. The van der Waals surface area contributed by atoms with Crippen LogP contribution in [0, 0.1) is 0 Å². The topological polar surface area (TPSA) is 81.3 Å². The number of carbonyl (C=O) groups is 1. The second-order valence-electron chi connectivity index (χ2n) is 4.94. The summed E-state index contributed by atoms with van der Waals surface area (Å²) < 4.78 is 10.9. The van der Waals surface area contributed by atoms with Gasteiger partial charge in [-0.2, -0.15) is 0 Å². The summed E-state index contributed by atoms with van der Waals surface area (Å²) in [4.78, 5) is 28.9. The van der Waals surface area contributed by atoms with E-state index in [1.807, 2.05) is 30.3 Å². The molecule has 0 aliphatic heterocycles. The fourth-order valence-corrected chi connectivity index (χ4v) is 2.15. The quantitative estimate of drug-likeness (QED) is 0.591. The molecule has 0 saturated carbocycles. The lowest BCUT2D eigenvalue weighted by Crippen LogP contribution is -2.09. The SMILES string of the molecule is CC(=O)Oc1cc2cnc(=O)[nH]c2cc1OCc1ccccc1. The van der Waals surface area contributed by atoms with Crippen LogP contribution in [0.4, 0.5) is 0 Å². The number of aromatic amines is 1. The number of carbonyl (C=O) groups excluding carboxylic acids is 1. The number of esters is 1. The third-order valence-electron chi connectivity index (χ3n) is 3.17. The molecule has 3 aromatic rings. The smallest absolute Gasteiger partial charge is 0.345 e. The normalized spacial score (nSPS) is 10.5. The first-order valence-corrected chi connectivity index (χ1v) is 7.00. The highest BCUT2D eigenvalue weighted by atomic mass is 16.6. The van der Waals surface area contributed by atoms with Crippen molar-refractivity contribution in [3.63, 3.8) is 0 Å². The number of hydrogen-bond acceptors (Lipinski definition) is 5. The van der Waals surface area contributed by atoms with Gasteiger partial charge in [0, 0.05) is 24.6 Å². The molecule has 0 bridgehead atoms. The van der Waals surface area contributed by atoms with Crippen molar-refractivity contribution in [3.05, 3.63) is 64.7 Å². The minimum atomic E-state index is -0.453. The molecule has 3 rings (SSSR count). The van der Waals surface area contributed by atoms with Gasteiger partial charge in [-0.15, -0.1) is 0 Å². The second-order valence-corrected chi connectivity index (χ2v) is 4.94. The predicted molar refractivity (Wildman–Crippen MR) is 84.4 cm³/mol. The van der Waals surface area contributed by atoms with Crippen LogP contribution in [0.5, 0.6) is 11.5 Å². The highest BCUT2D eigenvalue weighted by Crippen LogP contribution is 2.32. The lowest BCUT2D eigenvalue weighted by atomic mass is 10.2. The van der Waals surface area contributed by atoms with E-state index in [9.17, 15) is 9.59 Å². The first kappa shape index (κ1) is 14.8. The first-order chi connectivity index (χ1) is 11.1. The molecule has 0 aliphatic rings.